The van der Waals surface area contributed by atoms with Crippen LogP contribution < -0.4 is 0 Å². The van der Waals surface area contributed by atoms with E-state index in [4.69, 9.17) is 23.2 Å². The van der Waals surface area contributed by atoms with Gasteiger partial charge in [-0.2, -0.15) is 0 Å². The van der Waals surface area contributed by atoms with Gasteiger partial charge in [0.1, 0.15) is 0 Å². The molecule has 1 aromatic rings. The van der Waals surface area contributed by atoms with Crippen molar-refractivity contribution in [2.24, 2.45) is 0 Å². The third-order valence-corrected chi connectivity index (χ3v) is 4.15. The molecule has 74 valence electrons. The zero-order valence-electron chi connectivity index (χ0n) is 7.14. The van der Waals surface area contributed by atoms with Crippen molar-refractivity contribution in [1.82, 2.24) is 0 Å². The van der Waals surface area contributed by atoms with Gasteiger partial charge in [0, 0.05) is 16.8 Å². The molecule has 1 atom stereocenters. The topological polar surface area (TPSA) is 17.1 Å². The van der Waals surface area contributed by atoms with E-state index in [0.29, 0.717) is 6.42 Å². The van der Waals surface area contributed by atoms with Gasteiger partial charge in [0.25, 0.3) is 0 Å². The molecule has 1 fully saturated rings. The average molecular weight is 294 g/mol. The highest BCUT2D eigenvalue weighted by atomic mass is 79.9. The SMILES string of the molecule is O=C1CC(c2ccccc2Br)C1(Cl)Cl. The molecule has 14 heavy (non-hydrogen) atoms. The lowest BCUT2D eigenvalue weighted by Crippen LogP contribution is -2.45. The second-order valence-electron chi connectivity index (χ2n) is 3.32. The summed E-state index contributed by atoms with van der Waals surface area (Å²) in [4.78, 5) is 11.2. The standard InChI is InChI=1S/C10H7BrCl2O/c11-8-4-2-1-3-6(8)7-5-9(14)10(7,12)13/h1-4,7H,5H2. The van der Waals surface area contributed by atoms with E-state index in [0.717, 1.165) is 10.0 Å². The molecule has 0 amide bonds. The van der Waals surface area contributed by atoms with E-state index in [1.54, 1.807) is 0 Å². The van der Waals surface area contributed by atoms with Crippen LogP contribution in [0.5, 0.6) is 0 Å². The minimum atomic E-state index is -1.23. The van der Waals surface area contributed by atoms with Crippen LogP contribution >= 0.6 is 39.1 Å². The van der Waals surface area contributed by atoms with Gasteiger partial charge in [0.15, 0.2) is 10.1 Å². The number of hydrogen-bond donors (Lipinski definition) is 0. The number of alkyl halides is 2. The Labute approximate surface area is 101 Å². The van der Waals surface area contributed by atoms with Crippen molar-refractivity contribution in [3.8, 4) is 0 Å². The van der Waals surface area contributed by atoms with E-state index >= 15 is 0 Å². The van der Waals surface area contributed by atoms with Crippen molar-refractivity contribution in [3.05, 3.63) is 34.3 Å². The largest absolute Gasteiger partial charge is 0.296 e. The number of benzene rings is 1. The van der Waals surface area contributed by atoms with Crippen LogP contribution in [-0.4, -0.2) is 10.1 Å². The van der Waals surface area contributed by atoms with Crippen molar-refractivity contribution < 1.29 is 4.79 Å². The van der Waals surface area contributed by atoms with Gasteiger partial charge < -0.3 is 0 Å². The highest BCUT2D eigenvalue weighted by Crippen LogP contribution is 2.52. The molecule has 1 aliphatic rings. The Morgan fingerprint density at radius 3 is 2.50 bits per heavy atom. The Morgan fingerprint density at radius 2 is 2.00 bits per heavy atom. The lowest BCUT2D eigenvalue weighted by Gasteiger charge is -2.38. The normalized spacial score (nSPS) is 24.5. The average Bonchev–Trinajstić information content (AvgIpc) is 2.16. The minimum Gasteiger partial charge on any atom is -0.296 e. The maximum atomic E-state index is 11.2. The number of rotatable bonds is 1. The fourth-order valence-electron chi connectivity index (χ4n) is 1.58. The quantitative estimate of drug-likeness (QED) is 0.722. The lowest BCUT2D eigenvalue weighted by atomic mass is 9.77. The van der Waals surface area contributed by atoms with Crippen LogP contribution in [0.1, 0.15) is 17.9 Å². The molecule has 1 aliphatic carbocycles. The first-order valence-electron chi connectivity index (χ1n) is 4.19. The maximum Gasteiger partial charge on any atom is 0.183 e. The Bertz CT molecular complexity index is 389. The van der Waals surface area contributed by atoms with Crippen LogP contribution in [0.3, 0.4) is 0 Å². The number of hydrogen-bond acceptors (Lipinski definition) is 1. The molecule has 1 saturated carbocycles. The predicted molar refractivity (Wildman–Crippen MR) is 60.9 cm³/mol. The van der Waals surface area contributed by atoms with Crippen LogP contribution in [0.15, 0.2) is 28.7 Å². The molecule has 1 aromatic carbocycles. The Kier molecular flexibility index (Phi) is 2.63. The Hall–Kier alpha value is -0.0500. The van der Waals surface area contributed by atoms with E-state index in [-0.39, 0.29) is 11.7 Å². The van der Waals surface area contributed by atoms with Crippen LogP contribution in [0.4, 0.5) is 0 Å². The Morgan fingerprint density at radius 1 is 1.36 bits per heavy atom. The number of halogens is 3. The molecular formula is C10H7BrCl2O. The van der Waals surface area contributed by atoms with Crippen LogP contribution in [0.25, 0.3) is 0 Å². The van der Waals surface area contributed by atoms with E-state index in [1.165, 1.54) is 0 Å². The molecule has 4 heteroatoms. The van der Waals surface area contributed by atoms with Crippen molar-refractivity contribution in [2.45, 2.75) is 16.7 Å². The summed E-state index contributed by atoms with van der Waals surface area (Å²) in [6, 6.07) is 7.67. The van der Waals surface area contributed by atoms with Crippen molar-refractivity contribution >= 4 is 44.9 Å². The zero-order valence-corrected chi connectivity index (χ0v) is 10.2. The number of Topliss-reactive ketones (excluding diaryl/α,β-unsaturated/α-hetero) is 1. The van der Waals surface area contributed by atoms with Gasteiger partial charge >= 0.3 is 0 Å². The summed E-state index contributed by atoms with van der Waals surface area (Å²) in [6.45, 7) is 0. The molecule has 0 aliphatic heterocycles. The van der Waals surface area contributed by atoms with E-state index in [1.807, 2.05) is 24.3 Å². The molecule has 2 rings (SSSR count). The van der Waals surface area contributed by atoms with Gasteiger partial charge in [0.2, 0.25) is 0 Å². The first-order valence-corrected chi connectivity index (χ1v) is 5.74. The zero-order chi connectivity index (χ0) is 10.3. The fourth-order valence-corrected chi connectivity index (χ4v) is 2.68. The molecule has 0 N–H and O–H groups in total. The molecular weight excluding hydrogens is 287 g/mol. The minimum absolute atomic E-state index is 0.0890. The summed E-state index contributed by atoms with van der Waals surface area (Å²) < 4.78 is -0.285. The summed E-state index contributed by atoms with van der Waals surface area (Å²) in [6.07, 6.45) is 0.426. The smallest absolute Gasteiger partial charge is 0.183 e. The molecule has 1 unspecified atom stereocenters. The molecule has 0 saturated heterocycles. The Balaban J connectivity index is 2.35. The molecule has 0 bridgehead atoms. The number of carbonyl (C=O) groups is 1. The van der Waals surface area contributed by atoms with Crippen LogP contribution in [0, 0.1) is 0 Å². The lowest BCUT2D eigenvalue weighted by molar-refractivity contribution is -0.125. The fraction of sp³-hybridized carbons (Fsp3) is 0.300. The predicted octanol–water partition coefficient (Wildman–Crippen LogP) is 3.68. The second kappa shape index (κ2) is 3.51. The van der Waals surface area contributed by atoms with Crippen molar-refractivity contribution in [2.75, 3.05) is 0 Å². The van der Waals surface area contributed by atoms with Crippen LogP contribution in [-0.2, 0) is 4.79 Å². The van der Waals surface area contributed by atoms with E-state index in [9.17, 15) is 4.79 Å². The summed E-state index contributed by atoms with van der Waals surface area (Å²) in [5, 5.41) is 0. The summed E-state index contributed by atoms with van der Waals surface area (Å²) in [5.41, 5.74) is 0.997. The molecule has 0 radical (unpaired) electrons. The molecule has 0 heterocycles. The molecule has 0 spiro atoms. The third-order valence-electron chi connectivity index (χ3n) is 2.48. The van der Waals surface area contributed by atoms with Gasteiger partial charge in [-0.05, 0) is 11.6 Å². The van der Waals surface area contributed by atoms with Gasteiger partial charge in [0.05, 0.1) is 0 Å². The summed E-state index contributed by atoms with van der Waals surface area (Å²) in [5.74, 6) is -0.185. The van der Waals surface area contributed by atoms with Crippen molar-refractivity contribution in [3.63, 3.8) is 0 Å². The molecule has 0 aromatic heterocycles. The van der Waals surface area contributed by atoms with Crippen LogP contribution in [0.2, 0.25) is 0 Å². The highest BCUT2D eigenvalue weighted by molar-refractivity contribution is 9.10. The van der Waals surface area contributed by atoms with E-state index in [2.05, 4.69) is 15.9 Å². The molecule has 1 nitrogen and oxygen atoms in total. The summed E-state index contributed by atoms with van der Waals surface area (Å²) in [7, 11) is 0. The third kappa shape index (κ3) is 1.50. The summed E-state index contributed by atoms with van der Waals surface area (Å²) >= 11 is 15.3. The first-order chi connectivity index (χ1) is 6.53. The maximum absolute atomic E-state index is 11.2. The van der Waals surface area contributed by atoms with Crippen molar-refractivity contribution in [1.29, 1.82) is 0 Å². The highest BCUT2D eigenvalue weighted by Gasteiger charge is 2.53. The number of carbonyl (C=O) groups excluding carboxylic acids is 1. The second-order valence-corrected chi connectivity index (χ2v) is 5.56. The first kappa shape index (κ1) is 10.5. The van der Waals surface area contributed by atoms with E-state index < -0.39 is 4.33 Å². The van der Waals surface area contributed by atoms with Gasteiger partial charge in [-0.25, -0.2) is 0 Å². The van der Waals surface area contributed by atoms with Gasteiger partial charge in [-0.15, -0.1) is 0 Å². The van der Waals surface area contributed by atoms with Gasteiger partial charge in [-0.1, -0.05) is 57.3 Å². The monoisotopic (exact) mass is 292 g/mol. The van der Waals surface area contributed by atoms with Gasteiger partial charge in [-0.3, -0.25) is 4.79 Å². The number of ketones is 1.